The van der Waals surface area contributed by atoms with Crippen molar-refractivity contribution in [2.45, 2.75) is 44.4 Å². The van der Waals surface area contributed by atoms with Crippen LogP contribution in [0, 0.1) is 12.8 Å². The molecular weight excluding hydrogens is 550 g/mol. The minimum Gasteiger partial charge on any atom is -0.394 e. The molecule has 0 aliphatic carbocycles. The molecule has 1 aliphatic rings. The van der Waals surface area contributed by atoms with Gasteiger partial charge < -0.3 is 19.3 Å². The third-order valence-corrected chi connectivity index (χ3v) is 10.4. The van der Waals surface area contributed by atoms with Crippen molar-refractivity contribution in [3.63, 3.8) is 0 Å². The summed E-state index contributed by atoms with van der Waals surface area (Å²) >= 11 is 0. The number of aliphatic hydroxyl groups is 1. The van der Waals surface area contributed by atoms with E-state index in [0.717, 1.165) is 27.6 Å². The van der Waals surface area contributed by atoms with Gasteiger partial charge in [-0.15, -0.1) is 0 Å². The molecule has 1 aliphatic heterocycles. The number of carbonyl (C=O) groups excluding carboxylic acids is 1. The molecule has 1 amide bonds. The molecule has 8 nitrogen and oxygen atoms in total. The zero-order valence-corrected chi connectivity index (χ0v) is 25.6. The number of fused-ring (bicyclic) bond motifs is 5. The van der Waals surface area contributed by atoms with Crippen molar-refractivity contribution in [1.29, 1.82) is 0 Å². The Labute approximate surface area is 248 Å². The minimum atomic E-state index is -3.78. The van der Waals surface area contributed by atoms with Crippen LogP contribution in [0.15, 0.2) is 77.7 Å². The molecule has 3 aromatic carbocycles. The van der Waals surface area contributed by atoms with Crippen molar-refractivity contribution in [2.24, 2.45) is 13.0 Å². The quantitative estimate of drug-likeness (QED) is 0.348. The van der Waals surface area contributed by atoms with Crippen molar-refractivity contribution in [3.8, 4) is 11.1 Å². The van der Waals surface area contributed by atoms with Gasteiger partial charge in [0.15, 0.2) is 0 Å². The van der Waals surface area contributed by atoms with Crippen molar-refractivity contribution in [2.75, 3.05) is 26.7 Å². The molecule has 5 rings (SSSR count). The maximum atomic E-state index is 14.5. The van der Waals surface area contributed by atoms with Crippen LogP contribution in [0.4, 0.5) is 0 Å². The number of amides is 1. The first-order valence-electron chi connectivity index (χ1n) is 14.3. The molecule has 42 heavy (non-hydrogen) atoms. The molecule has 0 spiro atoms. The van der Waals surface area contributed by atoms with Gasteiger partial charge in [-0.3, -0.25) is 4.79 Å². The van der Waals surface area contributed by atoms with E-state index < -0.39 is 22.2 Å². The Morgan fingerprint density at radius 1 is 1.05 bits per heavy atom. The monoisotopic (exact) mass is 589 g/mol. The van der Waals surface area contributed by atoms with Gasteiger partial charge in [0.05, 0.1) is 30.3 Å². The Morgan fingerprint density at radius 2 is 1.71 bits per heavy atom. The molecule has 1 N–H and O–H groups in total. The first-order chi connectivity index (χ1) is 20.1. The van der Waals surface area contributed by atoms with Crippen LogP contribution in [0.5, 0.6) is 0 Å². The minimum absolute atomic E-state index is 0.103. The molecule has 4 aromatic rings. The lowest BCUT2D eigenvalue weighted by molar-refractivity contribution is -0.0147. The van der Waals surface area contributed by atoms with Gasteiger partial charge in [-0.2, -0.15) is 4.31 Å². The van der Waals surface area contributed by atoms with Gasteiger partial charge in [-0.05, 0) is 42.7 Å². The van der Waals surface area contributed by atoms with E-state index in [1.165, 1.54) is 4.31 Å². The standard InChI is InChI=1S/C33H39N3O5S/c1-22-12-6-11-17-30(22)42(39,40)34(4)19-29-23(2)18-36(24(3)20-37)33(38)32-31(26-14-8-7-13-25(26)21-41-29)27-15-9-10-16-28(27)35(32)5/h6-17,23-24,29,37H,18-21H2,1-5H3/t23-,24+,29+/m1/s1. The lowest BCUT2D eigenvalue weighted by Gasteiger charge is -2.35. The number of rotatable bonds is 6. The van der Waals surface area contributed by atoms with Crippen molar-refractivity contribution < 1.29 is 23.1 Å². The molecule has 0 bridgehead atoms. The Balaban J connectivity index is 1.61. The molecule has 0 radical (unpaired) electrons. The SMILES string of the molecule is Cc1ccccc1S(=O)(=O)N(C)C[C@@H]1OCc2ccccc2-c2c(n(C)c3ccccc23)C(=O)N([C@@H](C)CO)C[C@H]1C. The number of ether oxygens (including phenoxy) is 1. The average molecular weight is 590 g/mol. The van der Waals surface area contributed by atoms with Crippen LogP contribution in [-0.4, -0.2) is 72.1 Å². The van der Waals surface area contributed by atoms with Gasteiger partial charge in [0, 0.05) is 49.6 Å². The molecule has 0 saturated carbocycles. The van der Waals surface area contributed by atoms with E-state index in [-0.39, 0.29) is 43.0 Å². The number of hydrogen-bond acceptors (Lipinski definition) is 5. The molecule has 3 atom stereocenters. The molecular formula is C33H39N3O5S. The fourth-order valence-corrected chi connectivity index (χ4v) is 7.30. The number of benzene rings is 3. The first-order valence-corrected chi connectivity index (χ1v) is 15.7. The van der Waals surface area contributed by atoms with Gasteiger partial charge in [0.2, 0.25) is 10.0 Å². The Hall–Kier alpha value is -3.50. The van der Waals surface area contributed by atoms with Crippen LogP contribution < -0.4 is 0 Å². The summed E-state index contributed by atoms with van der Waals surface area (Å²) in [6.07, 6.45) is -0.527. The van der Waals surface area contributed by atoms with E-state index in [4.69, 9.17) is 4.74 Å². The van der Waals surface area contributed by atoms with Gasteiger partial charge in [0.1, 0.15) is 5.69 Å². The number of carbonyl (C=O) groups is 1. The van der Waals surface area contributed by atoms with E-state index in [1.54, 1.807) is 37.1 Å². The summed E-state index contributed by atoms with van der Waals surface area (Å²) in [5.74, 6) is -0.436. The summed E-state index contributed by atoms with van der Waals surface area (Å²) < 4.78 is 37.0. The summed E-state index contributed by atoms with van der Waals surface area (Å²) in [6.45, 7) is 6.00. The second-order valence-corrected chi connectivity index (χ2v) is 13.3. The summed E-state index contributed by atoms with van der Waals surface area (Å²) in [6, 6.07) is 22.3. The molecule has 222 valence electrons. The second kappa shape index (κ2) is 12.0. The summed E-state index contributed by atoms with van der Waals surface area (Å²) in [7, 11) is -0.310. The molecule has 9 heteroatoms. The van der Waals surface area contributed by atoms with Crippen molar-refractivity contribution in [1.82, 2.24) is 13.8 Å². The lowest BCUT2D eigenvalue weighted by atomic mass is 9.96. The topological polar surface area (TPSA) is 92.1 Å². The molecule has 0 saturated heterocycles. The van der Waals surface area contributed by atoms with E-state index in [1.807, 2.05) is 80.1 Å². The number of nitrogens with zero attached hydrogens (tertiary/aromatic N) is 3. The fourth-order valence-electron chi connectivity index (χ4n) is 5.89. The molecule has 1 aromatic heterocycles. The van der Waals surface area contributed by atoms with Crippen molar-refractivity contribution >= 4 is 26.8 Å². The average Bonchev–Trinajstić information content (AvgIpc) is 3.28. The van der Waals surface area contributed by atoms with E-state index in [2.05, 4.69) is 0 Å². The predicted octanol–water partition coefficient (Wildman–Crippen LogP) is 4.83. The zero-order chi connectivity index (χ0) is 30.2. The smallest absolute Gasteiger partial charge is 0.271 e. The van der Waals surface area contributed by atoms with E-state index in [9.17, 15) is 18.3 Å². The van der Waals surface area contributed by atoms with Gasteiger partial charge >= 0.3 is 0 Å². The molecule has 0 fully saturated rings. The van der Waals surface area contributed by atoms with Crippen LogP contribution in [0.3, 0.4) is 0 Å². The van der Waals surface area contributed by atoms with Gasteiger partial charge in [-0.25, -0.2) is 8.42 Å². The number of aliphatic hydroxyl groups excluding tert-OH is 1. The largest absolute Gasteiger partial charge is 0.394 e. The molecule has 2 heterocycles. The van der Waals surface area contributed by atoms with Crippen LogP contribution in [0.25, 0.3) is 22.0 Å². The highest BCUT2D eigenvalue weighted by molar-refractivity contribution is 7.89. The maximum Gasteiger partial charge on any atom is 0.271 e. The van der Waals surface area contributed by atoms with Crippen LogP contribution in [-0.2, 0) is 28.4 Å². The van der Waals surface area contributed by atoms with E-state index in [0.29, 0.717) is 11.3 Å². The third kappa shape index (κ3) is 5.38. The number of hydrogen-bond donors (Lipinski definition) is 1. The zero-order valence-electron chi connectivity index (χ0n) is 24.8. The number of sulfonamides is 1. The van der Waals surface area contributed by atoms with Gasteiger partial charge in [-0.1, -0.05) is 67.6 Å². The highest BCUT2D eigenvalue weighted by atomic mass is 32.2. The summed E-state index contributed by atoms with van der Waals surface area (Å²) in [5.41, 5.74) is 4.80. The Kier molecular flexibility index (Phi) is 8.57. The highest BCUT2D eigenvalue weighted by Gasteiger charge is 2.35. The number of para-hydroxylation sites is 1. The highest BCUT2D eigenvalue weighted by Crippen LogP contribution is 2.38. The first kappa shape index (κ1) is 30.0. The number of likely N-dealkylation sites (N-methyl/N-ethyl adjacent to an activating group) is 1. The number of aryl methyl sites for hydroxylation is 2. The van der Waals surface area contributed by atoms with Crippen molar-refractivity contribution in [3.05, 3.63) is 89.6 Å². The van der Waals surface area contributed by atoms with Crippen LogP contribution in [0.1, 0.15) is 35.5 Å². The second-order valence-electron chi connectivity index (χ2n) is 11.3. The Morgan fingerprint density at radius 3 is 2.45 bits per heavy atom. The third-order valence-electron chi connectivity index (χ3n) is 8.44. The fraction of sp³-hybridized carbons (Fsp3) is 0.364. The van der Waals surface area contributed by atoms with Crippen LogP contribution in [0.2, 0.25) is 0 Å². The Bertz CT molecular complexity index is 1710. The normalized spacial score (nSPS) is 18.9. The summed E-state index contributed by atoms with van der Waals surface area (Å²) in [5, 5.41) is 11.2. The van der Waals surface area contributed by atoms with Gasteiger partial charge in [0.25, 0.3) is 5.91 Å². The predicted molar refractivity (Wildman–Crippen MR) is 165 cm³/mol. The lowest BCUT2D eigenvalue weighted by Crippen LogP contribution is -2.48. The maximum absolute atomic E-state index is 14.5. The summed E-state index contributed by atoms with van der Waals surface area (Å²) in [4.78, 5) is 16.4. The van der Waals surface area contributed by atoms with Crippen LogP contribution >= 0.6 is 0 Å². The van der Waals surface area contributed by atoms with E-state index >= 15 is 0 Å². The molecule has 0 unspecified atom stereocenters. The number of aromatic nitrogens is 1.